The lowest BCUT2D eigenvalue weighted by molar-refractivity contribution is 0.197. The topological polar surface area (TPSA) is 42.2 Å². The molecule has 0 spiro atoms. The Labute approximate surface area is 83.3 Å². The first-order valence-corrected chi connectivity index (χ1v) is 4.17. The van der Waals surface area contributed by atoms with Crippen molar-refractivity contribution in [3.05, 3.63) is 35.2 Å². The predicted octanol–water partition coefficient (Wildman–Crippen LogP) is 2.96. The smallest absolute Gasteiger partial charge is 0.416 e. The quantitative estimate of drug-likeness (QED) is 0.731. The molecular weight excluding hydrogens is 209 g/mol. The van der Waals surface area contributed by atoms with E-state index in [0.29, 0.717) is 10.9 Å². The van der Waals surface area contributed by atoms with Crippen LogP contribution in [-0.2, 0) is 0 Å². The van der Waals surface area contributed by atoms with Gasteiger partial charge >= 0.3 is 6.09 Å². The molecule has 72 valence electrons. The van der Waals surface area contributed by atoms with Crippen LogP contribution in [0, 0.1) is 5.82 Å². The second-order valence-electron chi connectivity index (χ2n) is 2.79. The van der Waals surface area contributed by atoms with Crippen LogP contribution < -0.4 is 0 Å². The average Bonchev–Trinajstić information content (AvgIpc) is 2.48. The number of carboxylic acid groups (broad SMARTS) is 1. The molecule has 2 aromatic rings. The molecule has 1 heterocycles. The van der Waals surface area contributed by atoms with Gasteiger partial charge in [-0.1, -0.05) is 11.6 Å². The number of aromatic nitrogens is 1. The first kappa shape index (κ1) is 9.02. The molecule has 0 saturated heterocycles. The average molecular weight is 214 g/mol. The summed E-state index contributed by atoms with van der Waals surface area (Å²) in [5.74, 6) is -0.625. The van der Waals surface area contributed by atoms with Crippen molar-refractivity contribution in [2.45, 2.75) is 0 Å². The van der Waals surface area contributed by atoms with Crippen molar-refractivity contribution in [1.82, 2.24) is 4.57 Å². The Morgan fingerprint density at radius 2 is 2.21 bits per heavy atom. The van der Waals surface area contributed by atoms with E-state index in [2.05, 4.69) is 0 Å². The van der Waals surface area contributed by atoms with Gasteiger partial charge in [0.1, 0.15) is 5.82 Å². The van der Waals surface area contributed by atoms with E-state index in [4.69, 9.17) is 16.7 Å². The lowest BCUT2D eigenvalue weighted by Gasteiger charge is -1.98. The highest BCUT2D eigenvalue weighted by Gasteiger charge is 2.09. The molecule has 2 rings (SSSR count). The number of benzene rings is 1. The van der Waals surface area contributed by atoms with Crippen molar-refractivity contribution < 1.29 is 14.3 Å². The van der Waals surface area contributed by atoms with Gasteiger partial charge in [-0.05, 0) is 12.1 Å². The molecule has 0 saturated carbocycles. The van der Waals surface area contributed by atoms with E-state index in [9.17, 15) is 9.18 Å². The number of nitrogens with zero attached hydrogens (tertiary/aromatic N) is 1. The number of rotatable bonds is 0. The van der Waals surface area contributed by atoms with Gasteiger partial charge in [0.05, 0.1) is 10.5 Å². The molecule has 0 fully saturated rings. The fraction of sp³-hybridized carbons (Fsp3) is 0. The summed E-state index contributed by atoms with van der Waals surface area (Å²) in [5.41, 5.74) is 0.291. The lowest BCUT2D eigenvalue weighted by atomic mass is 10.2. The Hall–Kier alpha value is -1.55. The molecule has 0 radical (unpaired) electrons. The molecule has 0 aliphatic rings. The summed E-state index contributed by atoms with van der Waals surface area (Å²) < 4.78 is 14.0. The molecular formula is C9H5ClFNO2. The highest BCUT2D eigenvalue weighted by molar-refractivity contribution is 6.31. The van der Waals surface area contributed by atoms with Gasteiger partial charge in [-0.15, -0.1) is 0 Å². The summed E-state index contributed by atoms with van der Waals surface area (Å²) in [7, 11) is 0. The fourth-order valence-corrected chi connectivity index (χ4v) is 1.47. The number of fused-ring (bicyclic) bond motifs is 1. The van der Waals surface area contributed by atoms with Crippen LogP contribution in [0.1, 0.15) is 0 Å². The largest absolute Gasteiger partial charge is 0.464 e. The van der Waals surface area contributed by atoms with Crippen molar-refractivity contribution in [3.63, 3.8) is 0 Å². The van der Waals surface area contributed by atoms with E-state index in [-0.39, 0.29) is 5.02 Å². The molecule has 0 atom stereocenters. The van der Waals surface area contributed by atoms with Crippen LogP contribution in [0.4, 0.5) is 9.18 Å². The Kier molecular flexibility index (Phi) is 1.93. The Balaban J connectivity index is 2.80. The van der Waals surface area contributed by atoms with E-state index in [1.54, 1.807) is 6.07 Å². The highest BCUT2D eigenvalue weighted by Crippen LogP contribution is 2.23. The molecule has 1 aromatic carbocycles. The van der Waals surface area contributed by atoms with Gasteiger partial charge in [0.25, 0.3) is 0 Å². The minimum Gasteiger partial charge on any atom is -0.464 e. The van der Waals surface area contributed by atoms with Crippen LogP contribution in [0.2, 0.25) is 5.02 Å². The Bertz CT molecular complexity index is 521. The van der Waals surface area contributed by atoms with E-state index < -0.39 is 11.9 Å². The maximum absolute atomic E-state index is 13.0. The molecule has 0 bridgehead atoms. The maximum Gasteiger partial charge on any atom is 0.416 e. The summed E-state index contributed by atoms with van der Waals surface area (Å²) in [6.07, 6.45) is 0.199. The summed E-state index contributed by atoms with van der Waals surface area (Å²) in [6.45, 7) is 0. The molecule has 0 aliphatic heterocycles. The third kappa shape index (κ3) is 1.24. The lowest BCUT2D eigenvalue weighted by Crippen LogP contribution is -2.05. The number of halogens is 2. The standard InChI is InChI=1S/C9H5ClFNO2/c10-6-3-5-1-2-12(9(13)14)8(5)4-7(6)11/h1-4H,(H,13,14). The van der Waals surface area contributed by atoms with E-state index in [0.717, 1.165) is 10.6 Å². The van der Waals surface area contributed by atoms with Crippen molar-refractivity contribution >= 4 is 28.6 Å². The van der Waals surface area contributed by atoms with Gasteiger partial charge in [-0.2, -0.15) is 0 Å². The summed E-state index contributed by atoms with van der Waals surface area (Å²) in [6, 6.07) is 4.06. The Morgan fingerprint density at radius 1 is 1.50 bits per heavy atom. The van der Waals surface area contributed by atoms with Crippen LogP contribution in [0.5, 0.6) is 0 Å². The SMILES string of the molecule is O=C(O)n1ccc2cc(Cl)c(F)cc21. The minimum atomic E-state index is -1.15. The van der Waals surface area contributed by atoms with E-state index in [1.165, 1.54) is 12.3 Å². The zero-order chi connectivity index (χ0) is 10.3. The maximum atomic E-state index is 13.0. The van der Waals surface area contributed by atoms with Crippen LogP contribution in [0.3, 0.4) is 0 Å². The molecule has 1 aromatic heterocycles. The second kappa shape index (κ2) is 2.99. The molecule has 14 heavy (non-hydrogen) atoms. The molecule has 0 aliphatic carbocycles. The summed E-state index contributed by atoms with van der Waals surface area (Å²) in [4.78, 5) is 10.7. The molecule has 0 unspecified atom stereocenters. The monoisotopic (exact) mass is 213 g/mol. The van der Waals surface area contributed by atoms with Crippen LogP contribution in [-0.4, -0.2) is 15.8 Å². The van der Waals surface area contributed by atoms with Gasteiger partial charge in [-0.25, -0.2) is 9.18 Å². The Morgan fingerprint density at radius 3 is 2.86 bits per heavy atom. The first-order valence-electron chi connectivity index (χ1n) is 3.79. The van der Waals surface area contributed by atoms with E-state index >= 15 is 0 Å². The third-order valence-electron chi connectivity index (χ3n) is 1.94. The number of hydrogen-bond acceptors (Lipinski definition) is 1. The molecule has 1 N–H and O–H groups in total. The van der Waals surface area contributed by atoms with Gasteiger partial charge in [-0.3, -0.25) is 4.57 Å². The van der Waals surface area contributed by atoms with Crippen molar-refractivity contribution in [2.24, 2.45) is 0 Å². The van der Waals surface area contributed by atoms with Crippen molar-refractivity contribution in [2.75, 3.05) is 0 Å². The highest BCUT2D eigenvalue weighted by atomic mass is 35.5. The van der Waals surface area contributed by atoms with Gasteiger partial charge in [0.2, 0.25) is 0 Å². The first-order chi connectivity index (χ1) is 6.59. The fourth-order valence-electron chi connectivity index (χ4n) is 1.30. The number of hydrogen-bond donors (Lipinski definition) is 1. The molecule has 0 amide bonds. The third-order valence-corrected chi connectivity index (χ3v) is 2.23. The zero-order valence-electron chi connectivity index (χ0n) is 6.87. The van der Waals surface area contributed by atoms with Crippen molar-refractivity contribution in [1.29, 1.82) is 0 Å². The van der Waals surface area contributed by atoms with Crippen LogP contribution in [0.15, 0.2) is 24.4 Å². The normalized spacial score (nSPS) is 10.7. The van der Waals surface area contributed by atoms with E-state index in [1.807, 2.05) is 0 Å². The zero-order valence-corrected chi connectivity index (χ0v) is 7.62. The minimum absolute atomic E-state index is 0.0133. The van der Waals surface area contributed by atoms with Crippen LogP contribution >= 0.6 is 11.6 Å². The molecule has 3 nitrogen and oxygen atoms in total. The summed E-state index contributed by atoms with van der Waals surface area (Å²) >= 11 is 5.54. The van der Waals surface area contributed by atoms with Gasteiger partial charge < -0.3 is 5.11 Å². The van der Waals surface area contributed by atoms with Gasteiger partial charge in [0, 0.05) is 17.6 Å². The van der Waals surface area contributed by atoms with Crippen LogP contribution in [0.25, 0.3) is 10.9 Å². The second-order valence-corrected chi connectivity index (χ2v) is 3.20. The van der Waals surface area contributed by atoms with Gasteiger partial charge in [0.15, 0.2) is 0 Å². The predicted molar refractivity (Wildman–Crippen MR) is 50.3 cm³/mol. The summed E-state index contributed by atoms with van der Waals surface area (Å²) in [5, 5.41) is 9.32. The number of carbonyl (C=O) groups is 1. The molecule has 5 heteroatoms. The van der Waals surface area contributed by atoms with Crippen molar-refractivity contribution in [3.8, 4) is 0 Å².